The molecule has 0 saturated heterocycles. The second kappa shape index (κ2) is 64.4. The largest absolute Gasteiger partial charge is 0.477 e. The first kappa shape index (κ1) is 79.4. The number of carboxylic acid groups (broad SMARTS) is 1. The number of allylic oxidation sites excluding steroid dienone is 30. The molecule has 2 atom stereocenters. The zero-order chi connectivity index (χ0) is 61.9. The number of unbranched alkanes of at least 4 members (excludes halogenated alkanes) is 13. The zero-order valence-corrected chi connectivity index (χ0v) is 54.2. The molecule has 0 aliphatic carbocycles. The van der Waals surface area contributed by atoms with Crippen molar-refractivity contribution in [2.75, 3.05) is 47.5 Å². The van der Waals surface area contributed by atoms with Crippen LogP contribution in [-0.2, 0) is 33.3 Å². The molecule has 0 saturated carbocycles. The van der Waals surface area contributed by atoms with Crippen molar-refractivity contribution in [1.82, 2.24) is 0 Å². The van der Waals surface area contributed by atoms with Crippen LogP contribution >= 0.6 is 0 Å². The Bertz CT molecular complexity index is 2050. The van der Waals surface area contributed by atoms with E-state index in [9.17, 15) is 19.5 Å². The van der Waals surface area contributed by atoms with Crippen molar-refractivity contribution in [2.24, 2.45) is 0 Å². The average molecular weight is 1180 g/mol. The minimum absolute atomic E-state index is 0.170. The normalized spacial score (nSPS) is 13.9. The first-order valence-corrected chi connectivity index (χ1v) is 32.9. The molecule has 0 bridgehead atoms. The van der Waals surface area contributed by atoms with E-state index in [2.05, 4.69) is 196 Å². The number of ether oxygens (including phenoxy) is 4. The van der Waals surface area contributed by atoms with Crippen LogP contribution in [-0.4, -0.2) is 87.4 Å². The second-order valence-electron chi connectivity index (χ2n) is 22.3. The van der Waals surface area contributed by atoms with Crippen LogP contribution in [0.2, 0.25) is 0 Å². The summed E-state index contributed by atoms with van der Waals surface area (Å²) in [6, 6.07) is 0. The molecule has 0 rings (SSSR count). The van der Waals surface area contributed by atoms with Crippen LogP contribution in [0.1, 0.15) is 219 Å². The Morgan fingerprint density at radius 3 is 0.953 bits per heavy atom. The van der Waals surface area contributed by atoms with E-state index in [-0.39, 0.29) is 38.6 Å². The van der Waals surface area contributed by atoms with Crippen molar-refractivity contribution >= 4 is 17.9 Å². The number of carboxylic acids is 1. The molecule has 2 unspecified atom stereocenters. The summed E-state index contributed by atoms with van der Waals surface area (Å²) in [5.74, 6) is -2.08. The molecule has 0 heterocycles. The fourth-order valence-electron chi connectivity index (χ4n) is 8.18. The van der Waals surface area contributed by atoms with Gasteiger partial charge in [-0.2, -0.15) is 0 Å². The fraction of sp³-hybridized carbons (Fsp3) is 0.566. The van der Waals surface area contributed by atoms with Gasteiger partial charge in [0.2, 0.25) is 0 Å². The van der Waals surface area contributed by atoms with E-state index in [1.165, 1.54) is 38.5 Å². The van der Waals surface area contributed by atoms with Crippen molar-refractivity contribution in [1.29, 1.82) is 0 Å². The number of hydrogen-bond acceptors (Lipinski definition) is 7. The fourth-order valence-corrected chi connectivity index (χ4v) is 8.18. The van der Waals surface area contributed by atoms with Crippen molar-refractivity contribution in [3.05, 3.63) is 182 Å². The summed E-state index contributed by atoms with van der Waals surface area (Å²) in [6.07, 6.45) is 95.6. The summed E-state index contributed by atoms with van der Waals surface area (Å²) in [5.41, 5.74) is 0. The standard InChI is InChI=1S/C76H119NO8/c1-6-8-10-12-14-16-18-20-22-24-26-28-30-31-32-33-34-35-36-37-38-39-40-41-42-43-45-47-49-51-53-55-57-59-61-63-65-67-74(79)85-72(71-84-76(75(80)81)82-69-68-77(3,4)5)70-83-73(78)66-64-62-60-58-56-54-52-50-48-46-44-29-27-25-23-21-19-17-15-13-11-9-7-2/h8-11,14-17,20-23,26-29,31-32,34-35,37-38,40-41,43,45,49,51,55,57,72,76H,6-7,12-13,18-19,24-25,30,33,36,39,42,44,46-48,50,52-54,56,58-71H2,1-5H3/p+1/b10-8-,11-9-,16-14-,17-15-,22-20-,23-21-,28-26-,29-27-,32-31-,35-34-,38-37-,41-40-,45-43-,51-49-,57-55-. The molecular formula is C76H120NO8+. The summed E-state index contributed by atoms with van der Waals surface area (Å²) in [4.78, 5) is 37.5. The molecule has 0 spiro atoms. The van der Waals surface area contributed by atoms with Gasteiger partial charge in [0.1, 0.15) is 13.2 Å². The number of likely N-dealkylation sites (N-methyl/N-ethyl adjacent to an activating group) is 1. The van der Waals surface area contributed by atoms with Gasteiger partial charge in [0.15, 0.2) is 6.10 Å². The maximum absolute atomic E-state index is 12.9. The molecule has 0 amide bonds. The molecule has 0 fully saturated rings. The molecule has 9 heteroatoms. The Morgan fingerprint density at radius 2 is 0.635 bits per heavy atom. The lowest BCUT2D eigenvalue weighted by molar-refractivity contribution is -0.870. The lowest BCUT2D eigenvalue weighted by Crippen LogP contribution is -2.40. The van der Waals surface area contributed by atoms with Gasteiger partial charge in [-0.3, -0.25) is 9.59 Å². The Kier molecular flexibility index (Phi) is 60.1. The molecule has 0 aromatic heterocycles. The number of quaternary nitrogens is 1. The second-order valence-corrected chi connectivity index (χ2v) is 22.3. The van der Waals surface area contributed by atoms with Gasteiger partial charge in [0.05, 0.1) is 34.4 Å². The van der Waals surface area contributed by atoms with E-state index in [4.69, 9.17) is 18.9 Å². The van der Waals surface area contributed by atoms with Crippen LogP contribution < -0.4 is 0 Å². The Balaban J connectivity index is 4.31. The number of esters is 2. The topological polar surface area (TPSA) is 108 Å². The molecule has 0 aliphatic rings. The Morgan fingerprint density at radius 1 is 0.353 bits per heavy atom. The zero-order valence-electron chi connectivity index (χ0n) is 54.2. The lowest BCUT2D eigenvalue weighted by atomic mass is 10.1. The maximum atomic E-state index is 12.9. The van der Waals surface area contributed by atoms with Crippen molar-refractivity contribution in [3.63, 3.8) is 0 Å². The van der Waals surface area contributed by atoms with E-state index < -0.39 is 24.3 Å². The minimum atomic E-state index is -1.53. The smallest absolute Gasteiger partial charge is 0.361 e. The summed E-state index contributed by atoms with van der Waals surface area (Å²) >= 11 is 0. The quantitative estimate of drug-likeness (QED) is 0.0211. The van der Waals surface area contributed by atoms with Gasteiger partial charge in [0, 0.05) is 12.8 Å². The van der Waals surface area contributed by atoms with Crippen molar-refractivity contribution < 1.29 is 42.9 Å². The number of carbonyl (C=O) groups is 3. The molecule has 0 radical (unpaired) electrons. The Hall–Kier alpha value is -5.61. The van der Waals surface area contributed by atoms with Crippen LogP contribution in [0.5, 0.6) is 0 Å². The SMILES string of the molecule is CC/C=C\C/C=C\C/C=C\C/C=C\C/C=C\C/C=C\C/C=C\C/C=C\C/C=C\C/C=C\C/C=C\CCCCCC(=O)OC(COC(=O)CCCCCCCCCCCC/C=C\C/C=C\C/C=C\C/C=C\CC)COC(OCC[N+](C)(C)C)C(=O)O. The van der Waals surface area contributed by atoms with Gasteiger partial charge in [-0.15, -0.1) is 0 Å². The van der Waals surface area contributed by atoms with Crippen molar-refractivity contribution in [3.8, 4) is 0 Å². The van der Waals surface area contributed by atoms with Gasteiger partial charge in [-0.25, -0.2) is 4.79 Å². The summed E-state index contributed by atoms with van der Waals surface area (Å²) in [6.45, 7) is 4.58. The first-order chi connectivity index (χ1) is 41.6. The van der Waals surface area contributed by atoms with Crippen LogP contribution in [0, 0.1) is 0 Å². The summed E-state index contributed by atoms with van der Waals surface area (Å²) < 4.78 is 22.9. The number of nitrogens with zero attached hydrogens (tertiary/aromatic N) is 1. The van der Waals surface area contributed by atoms with E-state index in [0.717, 1.165) is 148 Å². The summed E-state index contributed by atoms with van der Waals surface area (Å²) in [5, 5.41) is 9.73. The highest BCUT2D eigenvalue weighted by Crippen LogP contribution is 2.14. The highest BCUT2D eigenvalue weighted by atomic mass is 16.7. The number of hydrogen-bond donors (Lipinski definition) is 1. The predicted molar refractivity (Wildman–Crippen MR) is 363 cm³/mol. The molecule has 9 nitrogen and oxygen atoms in total. The maximum Gasteiger partial charge on any atom is 0.361 e. The van der Waals surface area contributed by atoms with Gasteiger partial charge in [-0.05, 0) is 135 Å². The van der Waals surface area contributed by atoms with Gasteiger partial charge < -0.3 is 28.5 Å². The molecule has 476 valence electrons. The molecule has 0 aromatic rings. The molecule has 85 heavy (non-hydrogen) atoms. The summed E-state index contributed by atoms with van der Waals surface area (Å²) in [7, 11) is 5.94. The number of carbonyl (C=O) groups excluding carboxylic acids is 2. The van der Waals surface area contributed by atoms with Crippen LogP contribution in [0.15, 0.2) is 182 Å². The molecule has 0 aliphatic heterocycles. The highest BCUT2D eigenvalue weighted by molar-refractivity contribution is 5.71. The molecular weight excluding hydrogens is 1050 g/mol. The van der Waals surface area contributed by atoms with Crippen LogP contribution in [0.4, 0.5) is 0 Å². The van der Waals surface area contributed by atoms with Crippen LogP contribution in [0.3, 0.4) is 0 Å². The van der Waals surface area contributed by atoms with E-state index >= 15 is 0 Å². The van der Waals surface area contributed by atoms with Gasteiger partial charge in [-0.1, -0.05) is 254 Å². The van der Waals surface area contributed by atoms with E-state index in [1.807, 2.05) is 21.1 Å². The third-order valence-corrected chi connectivity index (χ3v) is 13.2. The first-order valence-electron chi connectivity index (χ1n) is 32.9. The van der Waals surface area contributed by atoms with E-state index in [0.29, 0.717) is 17.4 Å². The van der Waals surface area contributed by atoms with E-state index in [1.54, 1.807) is 0 Å². The van der Waals surface area contributed by atoms with Crippen molar-refractivity contribution in [2.45, 2.75) is 232 Å². The molecule has 0 aromatic carbocycles. The van der Waals surface area contributed by atoms with Gasteiger partial charge in [0.25, 0.3) is 6.29 Å². The lowest BCUT2D eigenvalue weighted by Gasteiger charge is -2.25. The average Bonchev–Trinajstić information content (AvgIpc) is 3.48. The van der Waals surface area contributed by atoms with Crippen LogP contribution in [0.25, 0.3) is 0 Å². The molecule has 1 N–H and O–H groups in total. The van der Waals surface area contributed by atoms with Gasteiger partial charge >= 0.3 is 17.9 Å². The third-order valence-electron chi connectivity index (χ3n) is 13.2. The number of aliphatic carboxylic acids is 1. The monoisotopic (exact) mass is 1170 g/mol. The minimum Gasteiger partial charge on any atom is -0.477 e. The Labute approximate surface area is 519 Å². The predicted octanol–water partition coefficient (Wildman–Crippen LogP) is 20.5. The third kappa shape index (κ3) is 65.8. The number of rotatable bonds is 58. The highest BCUT2D eigenvalue weighted by Gasteiger charge is 2.25.